The SMILES string of the molecule is NC(c1ccc(F)c(Cl)c1)c1cc2c(cc1Cl)OCCO2. The molecule has 0 aliphatic carbocycles. The molecule has 3 rings (SSSR count). The van der Waals surface area contributed by atoms with E-state index in [9.17, 15) is 4.39 Å². The first-order valence-electron chi connectivity index (χ1n) is 6.36. The highest BCUT2D eigenvalue weighted by Gasteiger charge is 2.20. The zero-order valence-corrected chi connectivity index (χ0v) is 12.4. The van der Waals surface area contributed by atoms with E-state index in [1.54, 1.807) is 18.2 Å². The lowest BCUT2D eigenvalue weighted by molar-refractivity contribution is 0.171. The van der Waals surface area contributed by atoms with Crippen molar-refractivity contribution in [1.82, 2.24) is 0 Å². The monoisotopic (exact) mass is 327 g/mol. The van der Waals surface area contributed by atoms with Crippen molar-refractivity contribution in [2.45, 2.75) is 6.04 Å². The minimum Gasteiger partial charge on any atom is -0.486 e. The zero-order valence-electron chi connectivity index (χ0n) is 10.9. The van der Waals surface area contributed by atoms with Crippen LogP contribution in [0.25, 0.3) is 0 Å². The molecule has 0 bridgehead atoms. The van der Waals surface area contributed by atoms with Crippen molar-refractivity contribution in [3.63, 3.8) is 0 Å². The number of ether oxygens (including phenoxy) is 2. The molecule has 2 N–H and O–H groups in total. The fourth-order valence-electron chi connectivity index (χ4n) is 2.20. The molecule has 2 aromatic carbocycles. The Morgan fingerprint density at radius 2 is 1.67 bits per heavy atom. The fourth-order valence-corrected chi connectivity index (χ4v) is 2.66. The number of halogens is 3. The standard InChI is InChI=1S/C15H12Cl2FNO2/c16-10-7-14-13(20-3-4-21-14)6-9(10)15(19)8-1-2-12(18)11(17)5-8/h1-2,5-7,15H,3-4,19H2. The number of hydrogen-bond acceptors (Lipinski definition) is 3. The van der Waals surface area contributed by atoms with Crippen molar-refractivity contribution in [3.05, 3.63) is 57.3 Å². The number of hydrogen-bond donors (Lipinski definition) is 1. The predicted molar refractivity (Wildman–Crippen MR) is 79.9 cm³/mol. The van der Waals surface area contributed by atoms with Crippen LogP contribution in [0.5, 0.6) is 11.5 Å². The summed E-state index contributed by atoms with van der Waals surface area (Å²) in [5.41, 5.74) is 7.54. The van der Waals surface area contributed by atoms with Crippen LogP contribution in [0, 0.1) is 5.82 Å². The van der Waals surface area contributed by atoms with Crippen LogP contribution in [0.3, 0.4) is 0 Å². The van der Waals surface area contributed by atoms with Gasteiger partial charge in [0.2, 0.25) is 0 Å². The van der Waals surface area contributed by atoms with Gasteiger partial charge in [-0.3, -0.25) is 0 Å². The van der Waals surface area contributed by atoms with Crippen LogP contribution in [0.1, 0.15) is 17.2 Å². The van der Waals surface area contributed by atoms with E-state index >= 15 is 0 Å². The maximum absolute atomic E-state index is 13.2. The molecule has 0 spiro atoms. The summed E-state index contributed by atoms with van der Waals surface area (Å²) >= 11 is 12.0. The highest BCUT2D eigenvalue weighted by molar-refractivity contribution is 6.32. The summed E-state index contributed by atoms with van der Waals surface area (Å²) in [6.07, 6.45) is 0. The van der Waals surface area contributed by atoms with E-state index < -0.39 is 11.9 Å². The second-order valence-electron chi connectivity index (χ2n) is 4.67. The van der Waals surface area contributed by atoms with Gasteiger partial charge in [-0.25, -0.2) is 4.39 Å². The van der Waals surface area contributed by atoms with E-state index in [0.29, 0.717) is 40.9 Å². The molecule has 0 aromatic heterocycles. The van der Waals surface area contributed by atoms with Gasteiger partial charge in [0, 0.05) is 11.1 Å². The van der Waals surface area contributed by atoms with Crippen molar-refractivity contribution in [1.29, 1.82) is 0 Å². The summed E-state index contributed by atoms with van der Waals surface area (Å²) in [5, 5.41) is 0.490. The Hall–Kier alpha value is -1.49. The highest BCUT2D eigenvalue weighted by Crippen LogP contribution is 2.38. The predicted octanol–water partition coefficient (Wildman–Crippen LogP) is 3.95. The Balaban J connectivity index is 2.00. The van der Waals surface area contributed by atoms with Gasteiger partial charge in [0.1, 0.15) is 19.0 Å². The molecule has 3 nitrogen and oxygen atoms in total. The Morgan fingerprint density at radius 1 is 1.00 bits per heavy atom. The number of benzene rings is 2. The Labute approximate surface area is 131 Å². The van der Waals surface area contributed by atoms with Crippen molar-refractivity contribution >= 4 is 23.2 Å². The molecular weight excluding hydrogens is 316 g/mol. The first-order valence-corrected chi connectivity index (χ1v) is 7.11. The molecule has 0 radical (unpaired) electrons. The smallest absolute Gasteiger partial charge is 0.162 e. The van der Waals surface area contributed by atoms with Crippen molar-refractivity contribution in [3.8, 4) is 11.5 Å². The zero-order chi connectivity index (χ0) is 15.0. The third-order valence-corrected chi connectivity index (χ3v) is 3.92. The molecule has 0 saturated carbocycles. The summed E-state index contributed by atoms with van der Waals surface area (Å²) in [4.78, 5) is 0. The summed E-state index contributed by atoms with van der Waals surface area (Å²) < 4.78 is 24.2. The molecule has 0 amide bonds. The molecule has 6 heteroatoms. The molecule has 110 valence electrons. The van der Waals surface area contributed by atoms with Crippen molar-refractivity contribution in [2.75, 3.05) is 13.2 Å². The van der Waals surface area contributed by atoms with Crippen molar-refractivity contribution < 1.29 is 13.9 Å². The second kappa shape index (κ2) is 5.72. The molecule has 1 unspecified atom stereocenters. The number of rotatable bonds is 2. The fraction of sp³-hybridized carbons (Fsp3) is 0.200. The van der Waals surface area contributed by atoms with Crippen LogP contribution in [0.2, 0.25) is 10.0 Å². The normalized spacial score (nSPS) is 14.9. The number of nitrogens with two attached hydrogens (primary N) is 1. The first kappa shape index (κ1) is 14.4. The molecule has 21 heavy (non-hydrogen) atoms. The lowest BCUT2D eigenvalue weighted by Crippen LogP contribution is -2.17. The van der Waals surface area contributed by atoms with Gasteiger partial charge in [0.05, 0.1) is 11.1 Å². The topological polar surface area (TPSA) is 44.5 Å². The van der Waals surface area contributed by atoms with Gasteiger partial charge in [-0.15, -0.1) is 0 Å². The summed E-state index contributed by atoms with van der Waals surface area (Å²) in [5.74, 6) is 0.713. The molecule has 0 saturated heterocycles. The van der Waals surface area contributed by atoms with Crippen LogP contribution >= 0.6 is 23.2 Å². The maximum atomic E-state index is 13.2. The van der Waals surface area contributed by atoms with E-state index in [0.717, 1.165) is 0 Å². The molecule has 1 heterocycles. The van der Waals surface area contributed by atoms with Gasteiger partial charge in [-0.2, -0.15) is 0 Å². The van der Waals surface area contributed by atoms with Gasteiger partial charge in [-0.1, -0.05) is 29.3 Å². The lowest BCUT2D eigenvalue weighted by atomic mass is 9.99. The van der Waals surface area contributed by atoms with Gasteiger partial charge >= 0.3 is 0 Å². The second-order valence-corrected chi connectivity index (χ2v) is 5.48. The molecular formula is C15H12Cl2FNO2. The van der Waals surface area contributed by atoms with E-state index in [1.165, 1.54) is 12.1 Å². The minimum atomic E-state index is -0.536. The Morgan fingerprint density at radius 3 is 2.33 bits per heavy atom. The largest absolute Gasteiger partial charge is 0.486 e. The average Bonchev–Trinajstić information content (AvgIpc) is 2.48. The Kier molecular flexibility index (Phi) is 3.93. The average molecular weight is 328 g/mol. The Bertz CT molecular complexity index is 694. The highest BCUT2D eigenvalue weighted by atomic mass is 35.5. The third-order valence-electron chi connectivity index (χ3n) is 3.30. The van der Waals surface area contributed by atoms with Gasteiger partial charge in [0.15, 0.2) is 11.5 Å². The van der Waals surface area contributed by atoms with Crippen LogP contribution in [0.4, 0.5) is 4.39 Å². The molecule has 2 aromatic rings. The lowest BCUT2D eigenvalue weighted by Gasteiger charge is -2.22. The molecule has 0 fully saturated rings. The summed E-state index contributed by atoms with van der Waals surface area (Å²) in [6.45, 7) is 0.966. The van der Waals surface area contributed by atoms with Crippen LogP contribution in [0.15, 0.2) is 30.3 Å². The molecule has 1 atom stereocenters. The number of fused-ring (bicyclic) bond motifs is 1. The maximum Gasteiger partial charge on any atom is 0.162 e. The summed E-state index contributed by atoms with van der Waals surface area (Å²) in [6, 6.07) is 7.25. The van der Waals surface area contributed by atoms with E-state index in [2.05, 4.69) is 0 Å². The van der Waals surface area contributed by atoms with Gasteiger partial charge in [0.25, 0.3) is 0 Å². The summed E-state index contributed by atoms with van der Waals surface area (Å²) in [7, 11) is 0. The third kappa shape index (κ3) is 2.79. The van der Waals surface area contributed by atoms with Crippen LogP contribution < -0.4 is 15.2 Å². The van der Waals surface area contributed by atoms with Gasteiger partial charge < -0.3 is 15.2 Å². The van der Waals surface area contributed by atoms with Crippen LogP contribution in [-0.4, -0.2) is 13.2 Å². The van der Waals surface area contributed by atoms with Crippen LogP contribution in [-0.2, 0) is 0 Å². The van der Waals surface area contributed by atoms with Crippen molar-refractivity contribution in [2.24, 2.45) is 5.73 Å². The van der Waals surface area contributed by atoms with E-state index in [1.807, 2.05) is 0 Å². The van der Waals surface area contributed by atoms with E-state index in [-0.39, 0.29) is 5.02 Å². The first-order chi connectivity index (χ1) is 10.1. The quantitative estimate of drug-likeness (QED) is 0.908. The van der Waals surface area contributed by atoms with Gasteiger partial charge in [-0.05, 0) is 29.3 Å². The minimum absolute atomic E-state index is 0.0246. The van der Waals surface area contributed by atoms with E-state index in [4.69, 9.17) is 38.4 Å². The molecule has 1 aliphatic heterocycles. The molecule has 1 aliphatic rings.